The van der Waals surface area contributed by atoms with Gasteiger partial charge in [-0.2, -0.15) is 0 Å². The first-order valence-electron chi connectivity index (χ1n) is 9.74. The van der Waals surface area contributed by atoms with Crippen LogP contribution in [-0.2, 0) is 6.54 Å². The van der Waals surface area contributed by atoms with E-state index in [-0.39, 0.29) is 0 Å². The summed E-state index contributed by atoms with van der Waals surface area (Å²) < 4.78 is 5.78. The van der Waals surface area contributed by atoms with Gasteiger partial charge in [0.2, 0.25) is 5.88 Å². The Morgan fingerprint density at radius 2 is 2.15 bits per heavy atom. The summed E-state index contributed by atoms with van der Waals surface area (Å²) in [5.41, 5.74) is 1.17. The van der Waals surface area contributed by atoms with Crippen molar-refractivity contribution in [3.63, 3.8) is 0 Å². The lowest BCUT2D eigenvalue weighted by molar-refractivity contribution is 0.259. The topological polar surface area (TPSA) is 53.0 Å². The molecule has 1 aromatic heterocycles. The lowest BCUT2D eigenvalue weighted by atomic mass is 10.2. The van der Waals surface area contributed by atoms with Crippen LogP contribution in [-0.4, -0.2) is 66.6 Å². The van der Waals surface area contributed by atoms with Gasteiger partial charge in [0.1, 0.15) is 0 Å². The summed E-state index contributed by atoms with van der Waals surface area (Å²) in [6.45, 7) is 5.82. The molecule has 1 saturated heterocycles. The predicted molar refractivity (Wildman–Crippen MR) is 103 cm³/mol. The van der Waals surface area contributed by atoms with Crippen molar-refractivity contribution in [1.82, 2.24) is 20.1 Å². The third-order valence-electron chi connectivity index (χ3n) is 5.45. The van der Waals surface area contributed by atoms with Crippen molar-refractivity contribution in [2.24, 2.45) is 10.9 Å². The third kappa shape index (κ3) is 4.36. The van der Waals surface area contributed by atoms with E-state index in [1.54, 1.807) is 0 Å². The molecule has 0 bridgehead atoms. The molecular weight excluding hydrogens is 326 g/mol. The van der Waals surface area contributed by atoms with Gasteiger partial charge in [-0.05, 0) is 36.8 Å². The SMILES string of the molecule is CN=C(NCc1ccnc(OCC2CC2)c1)N1CCC(N2CC=CC2)C1. The summed E-state index contributed by atoms with van der Waals surface area (Å²) in [6, 6.07) is 4.70. The molecule has 2 fully saturated rings. The summed E-state index contributed by atoms with van der Waals surface area (Å²) in [5.74, 6) is 2.46. The Labute approximate surface area is 155 Å². The molecule has 0 amide bonds. The van der Waals surface area contributed by atoms with Crippen molar-refractivity contribution < 1.29 is 4.74 Å². The van der Waals surface area contributed by atoms with E-state index in [1.807, 2.05) is 25.4 Å². The summed E-state index contributed by atoms with van der Waals surface area (Å²) in [5, 5.41) is 3.50. The van der Waals surface area contributed by atoms with E-state index in [0.717, 1.165) is 57.1 Å². The van der Waals surface area contributed by atoms with Gasteiger partial charge in [0, 0.05) is 58.1 Å². The molecule has 140 valence electrons. The summed E-state index contributed by atoms with van der Waals surface area (Å²) in [6.07, 6.45) is 10.2. The van der Waals surface area contributed by atoms with Crippen molar-refractivity contribution in [2.45, 2.75) is 31.8 Å². The molecule has 26 heavy (non-hydrogen) atoms. The number of likely N-dealkylation sites (tertiary alicyclic amines) is 1. The maximum Gasteiger partial charge on any atom is 0.213 e. The smallest absolute Gasteiger partial charge is 0.213 e. The fourth-order valence-corrected chi connectivity index (χ4v) is 3.67. The van der Waals surface area contributed by atoms with Crippen LogP contribution in [0.4, 0.5) is 0 Å². The number of guanidine groups is 1. The van der Waals surface area contributed by atoms with Gasteiger partial charge >= 0.3 is 0 Å². The molecule has 3 heterocycles. The predicted octanol–water partition coefficient (Wildman–Crippen LogP) is 1.89. The number of rotatable bonds is 6. The lowest BCUT2D eigenvalue weighted by Crippen LogP contribution is -2.42. The number of pyridine rings is 1. The highest BCUT2D eigenvalue weighted by molar-refractivity contribution is 5.80. The van der Waals surface area contributed by atoms with E-state index >= 15 is 0 Å². The van der Waals surface area contributed by atoms with Crippen LogP contribution in [0.1, 0.15) is 24.8 Å². The number of hydrogen-bond acceptors (Lipinski definition) is 4. The number of hydrogen-bond donors (Lipinski definition) is 1. The zero-order valence-corrected chi connectivity index (χ0v) is 15.6. The highest BCUT2D eigenvalue weighted by Crippen LogP contribution is 2.29. The Morgan fingerprint density at radius 3 is 2.92 bits per heavy atom. The normalized spacial score (nSPS) is 23.7. The van der Waals surface area contributed by atoms with Crippen LogP contribution < -0.4 is 10.1 Å². The number of nitrogens with zero attached hydrogens (tertiary/aromatic N) is 4. The van der Waals surface area contributed by atoms with Crippen molar-refractivity contribution >= 4 is 5.96 Å². The molecule has 1 unspecified atom stereocenters. The Kier molecular flexibility index (Phi) is 5.39. The highest BCUT2D eigenvalue weighted by Gasteiger charge is 2.29. The van der Waals surface area contributed by atoms with Gasteiger partial charge < -0.3 is 15.0 Å². The van der Waals surface area contributed by atoms with Crippen LogP contribution in [0.5, 0.6) is 5.88 Å². The van der Waals surface area contributed by atoms with Crippen LogP contribution in [0.25, 0.3) is 0 Å². The van der Waals surface area contributed by atoms with Gasteiger partial charge in [-0.25, -0.2) is 4.98 Å². The fourth-order valence-electron chi connectivity index (χ4n) is 3.67. The number of aliphatic imine (C=N–C) groups is 1. The summed E-state index contributed by atoms with van der Waals surface area (Å²) in [7, 11) is 1.86. The van der Waals surface area contributed by atoms with Crippen LogP contribution >= 0.6 is 0 Å². The monoisotopic (exact) mass is 355 g/mol. The minimum absolute atomic E-state index is 0.631. The van der Waals surface area contributed by atoms with E-state index in [9.17, 15) is 0 Å². The van der Waals surface area contributed by atoms with Crippen molar-refractivity contribution in [3.05, 3.63) is 36.0 Å². The average molecular weight is 355 g/mol. The van der Waals surface area contributed by atoms with Crippen LogP contribution in [0.2, 0.25) is 0 Å². The van der Waals surface area contributed by atoms with E-state index < -0.39 is 0 Å². The molecule has 4 rings (SSSR count). The molecule has 6 nitrogen and oxygen atoms in total. The Hall–Kier alpha value is -2.08. The van der Waals surface area contributed by atoms with Gasteiger partial charge in [0.25, 0.3) is 0 Å². The second-order valence-electron chi connectivity index (χ2n) is 7.47. The molecule has 1 aromatic rings. The molecule has 1 N–H and O–H groups in total. The van der Waals surface area contributed by atoms with Gasteiger partial charge in [0.15, 0.2) is 5.96 Å². The highest BCUT2D eigenvalue weighted by atomic mass is 16.5. The molecule has 6 heteroatoms. The number of nitrogens with one attached hydrogen (secondary N) is 1. The zero-order valence-electron chi connectivity index (χ0n) is 15.6. The molecule has 0 spiro atoms. The maximum absolute atomic E-state index is 5.78. The van der Waals surface area contributed by atoms with Crippen LogP contribution in [0.15, 0.2) is 35.5 Å². The van der Waals surface area contributed by atoms with Gasteiger partial charge in [-0.15, -0.1) is 0 Å². The first-order valence-corrected chi connectivity index (χ1v) is 9.74. The molecule has 0 radical (unpaired) electrons. The Morgan fingerprint density at radius 1 is 1.31 bits per heavy atom. The van der Waals surface area contributed by atoms with Crippen LogP contribution in [0.3, 0.4) is 0 Å². The second kappa shape index (κ2) is 8.08. The molecule has 1 saturated carbocycles. The minimum atomic E-state index is 0.631. The fraction of sp³-hybridized carbons (Fsp3) is 0.600. The molecule has 1 atom stereocenters. The molecule has 0 aromatic carbocycles. The number of ether oxygens (including phenoxy) is 1. The largest absolute Gasteiger partial charge is 0.477 e. The van der Waals surface area contributed by atoms with E-state index in [4.69, 9.17) is 4.74 Å². The van der Waals surface area contributed by atoms with E-state index in [2.05, 4.69) is 37.2 Å². The standard InChI is InChI=1S/C20H29N5O/c1-21-20(25-11-7-18(14-25)24-9-2-3-10-24)23-13-17-6-8-22-19(12-17)26-15-16-4-5-16/h2-3,6,8,12,16,18H,4-5,7,9-11,13-15H2,1H3,(H,21,23). The van der Waals surface area contributed by atoms with E-state index in [1.165, 1.54) is 24.8 Å². The first-order chi connectivity index (χ1) is 12.8. The third-order valence-corrected chi connectivity index (χ3v) is 5.45. The second-order valence-corrected chi connectivity index (χ2v) is 7.47. The van der Waals surface area contributed by atoms with Crippen LogP contribution in [0, 0.1) is 5.92 Å². The van der Waals surface area contributed by atoms with E-state index in [0.29, 0.717) is 6.04 Å². The van der Waals surface area contributed by atoms with Crippen molar-refractivity contribution in [3.8, 4) is 5.88 Å². The van der Waals surface area contributed by atoms with Gasteiger partial charge in [0.05, 0.1) is 6.61 Å². The molecular formula is C20H29N5O. The Bertz CT molecular complexity index is 662. The first kappa shape index (κ1) is 17.3. The average Bonchev–Trinajstić information content (AvgIpc) is 3.11. The molecule has 2 aliphatic heterocycles. The Balaban J connectivity index is 1.28. The molecule has 3 aliphatic rings. The maximum atomic E-state index is 5.78. The minimum Gasteiger partial charge on any atom is -0.477 e. The van der Waals surface area contributed by atoms with Crippen molar-refractivity contribution in [2.75, 3.05) is 39.8 Å². The zero-order chi connectivity index (χ0) is 17.8. The summed E-state index contributed by atoms with van der Waals surface area (Å²) >= 11 is 0. The lowest BCUT2D eigenvalue weighted by Gasteiger charge is -2.25. The van der Waals surface area contributed by atoms with Gasteiger partial charge in [-0.1, -0.05) is 12.2 Å². The quantitative estimate of drug-likeness (QED) is 0.480. The number of aromatic nitrogens is 1. The summed E-state index contributed by atoms with van der Waals surface area (Å²) in [4.78, 5) is 13.7. The van der Waals surface area contributed by atoms with Crippen molar-refractivity contribution in [1.29, 1.82) is 0 Å². The van der Waals surface area contributed by atoms with Gasteiger partial charge in [-0.3, -0.25) is 9.89 Å². The molecule has 1 aliphatic carbocycles.